The lowest BCUT2D eigenvalue weighted by atomic mass is 9.85. The standard InChI is InChI=1S/C18H25N3/c1-2-20-18(14-19)11-5-7-16(18)10-13-21-12-9-15-6-3-4-8-17(15)21/h3-4,6,8,16,20H,2,5,7,9-13H2,1H3. The van der Waals surface area contributed by atoms with E-state index in [2.05, 4.69) is 47.5 Å². The molecule has 1 heterocycles. The Kier molecular flexibility index (Phi) is 4.17. The van der Waals surface area contributed by atoms with Crippen molar-refractivity contribution in [3.8, 4) is 6.07 Å². The molecule has 3 heteroatoms. The average Bonchev–Trinajstić information content (AvgIpc) is 3.10. The highest BCUT2D eigenvalue weighted by molar-refractivity contribution is 5.57. The lowest BCUT2D eigenvalue weighted by Gasteiger charge is -2.31. The van der Waals surface area contributed by atoms with Gasteiger partial charge in [-0.1, -0.05) is 31.5 Å². The summed E-state index contributed by atoms with van der Waals surface area (Å²) in [5, 5.41) is 13.1. The van der Waals surface area contributed by atoms with E-state index >= 15 is 0 Å². The first kappa shape index (κ1) is 14.4. The summed E-state index contributed by atoms with van der Waals surface area (Å²) in [5.41, 5.74) is 2.61. The van der Waals surface area contributed by atoms with Gasteiger partial charge in [-0.2, -0.15) is 5.26 Å². The Balaban J connectivity index is 1.64. The topological polar surface area (TPSA) is 39.1 Å². The van der Waals surface area contributed by atoms with Gasteiger partial charge in [-0.05, 0) is 49.8 Å². The van der Waals surface area contributed by atoms with Gasteiger partial charge in [-0.15, -0.1) is 0 Å². The molecule has 3 nitrogen and oxygen atoms in total. The SMILES string of the molecule is CCNC1(C#N)CCCC1CCN1CCc2ccccc21. The number of benzene rings is 1. The minimum Gasteiger partial charge on any atom is -0.371 e. The van der Waals surface area contributed by atoms with Gasteiger partial charge in [0.1, 0.15) is 5.54 Å². The van der Waals surface area contributed by atoms with Crippen molar-refractivity contribution in [2.45, 2.75) is 44.6 Å². The molecule has 1 aliphatic carbocycles. The molecule has 0 bridgehead atoms. The number of fused-ring (bicyclic) bond motifs is 1. The fourth-order valence-electron chi connectivity index (χ4n) is 4.15. The third-order valence-corrected chi connectivity index (χ3v) is 5.24. The second-order valence-corrected chi connectivity index (χ2v) is 6.36. The van der Waals surface area contributed by atoms with Crippen molar-refractivity contribution in [2.75, 3.05) is 24.5 Å². The van der Waals surface area contributed by atoms with Crippen LogP contribution in [0.4, 0.5) is 5.69 Å². The molecule has 0 amide bonds. The molecule has 0 saturated heterocycles. The zero-order chi connectivity index (χ0) is 14.7. The first-order valence-corrected chi connectivity index (χ1v) is 8.28. The van der Waals surface area contributed by atoms with E-state index in [1.54, 1.807) is 0 Å². The van der Waals surface area contributed by atoms with Gasteiger partial charge in [0.05, 0.1) is 6.07 Å². The number of nitrogens with one attached hydrogen (secondary N) is 1. The summed E-state index contributed by atoms with van der Waals surface area (Å²) in [6.07, 6.45) is 5.67. The van der Waals surface area contributed by atoms with Gasteiger partial charge in [0.2, 0.25) is 0 Å². The van der Waals surface area contributed by atoms with Crippen molar-refractivity contribution in [1.82, 2.24) is 5.32 Å². The molecule has 112 valence electrons. The van der Waals surface area contributed by atoms with Crippen molar-refractivity contribution in [1.29, 1.82) is 5.26 Å². The maximum atomic E-state index is 9.64. The number of rotatable bonds is 5. The summed E-state index contributed by atoms with van der Waals surface area (Å²) in [4.78, 5) is 2.50. The minimum absolute atomic E-state index is 0.270. The summed E-state index contributed by atoms with van der Waals surface area (Å²) < 4.78 is 0. The van der Waals surface area contributed by atoms with Gasteiger partial charge in [-0.3, -0.25) is 5.32 Å². The molecule has 21 heavy (non-hydrogen) atoms. The number of nitrogens with zero attached hydrogens (tertiary/aromatic N) is 2. The maximum Gasteiger partial charge on any atom is 0.109 e. The maximum absolute atomic E-state index is 9.64. The second-order valence-electron chi connectivity index (χ2n) is 6.36. The Labute approximate surface area is 128 Å². The van der Waals surface area contributed by atoms with Crippen molar-refractivity contribution >= 4 is 5.69 Å². The molecule has 2 aliphatic rings. The van der Waals surface area contributed by atoms with Gasteiger partial charge in [0.25, 0.3) is 0 Å². The Bertz CT molecular complexity index is 534. The van der Waals surface area contributed by atoms with Crippen LogP contribution in [0.2, 0.25) is 0 Å². The number of para-hydroxylation sites is 1. The molecule has 1 aromatic rings. The van der Waals surface area contributed by atoms with Crippen LogP contribution in [0.15, 0.2) is 24.3 Å². The van der Waals surface area contributed by atoms with Crippen LogP contribution >= 0.6 is 0 Å². The smallest absolute Gasteiger partial charge is 0.109 e. The zero-order valence-electron chi connectivity index (χ0n) is 12.9. The quantitative estimate of drug-likeness (QED) is 0.902. The molecule has 1 N–H and O–H groups in total. The number of anilines is 1. The van der Waals surface area contributed by atoms with Gasteiger partial charge in [-0.25, -0.2) is 0 Å². The Hall–Kier alpha value is -1.53. The average molecular weight is 283 g/mol. The molecule has 1 saturated carbocycles. The first-order valence-electron chi connectivity index (χ1n) is 8.28. The lowest BCUT2D eigenvalue weighted by molar-refractivity contribution is 0.308. The van der Waals surface area contributed by atoms with Crippen LogP contribution in [0.5, 0.6) is 0 Å². The number of hydrogen-bond acceptors (Lipinski definition) is 3. The summed E-state index contributed by atoms with van der Waals surface area (Å²) in [6, 6.07) is 11.3. The second kappa shape index (κ2) is 6.07. The highest BCUT2D eigenvalue weighted by atomic mass is 15.1. The zero-order valence-corrected chi connectivity index (χ0v) is 12.9. The fourth-order valence-corrected chi connectivity index (χ4v) is 4.15. The summed E-state index contributed by atoms with van der Waals surface area (Å²) >= 11 is 0. The van der Waals surface area contributed by atoms with Crippen LogP contribution in [-0.2, 0) is 6.42 Å². The highest BCUT2D eigenvalue weighted by Gasteiger charge is 2.42. The molecular formula is C18H25N3. The van der Waals surface area contributed by atoms with E-state index in [9.17, 15) is 5.26 Å². The Morgan fingerprint density at radius 1 is 1.43 bits per heavy atom. The molecule has 2 unspecified atom stereocenters. The Morgan fingerprint density at radius 2 is 2.29 bits per heavy atom. The van der Waals surface area contributed by atoms with Gasteiger partial charge in [0.15, 0.2) is 0 Å². The lowest BCUT2D eigenvalue weighted by Crippen LogP contribution is -2.47. The fraction of sp³-hybridized carbons (Fsp3) is 0.611. The molecule has 0 radical (unpaired) electrons. The first-order chi connectivity index (χ1) is 10.3. The minimum atomic E-state index is -0.270. The number of nitriles is 1. The molecule has 1 fully saturated rings. The molecule has 0 spiro atoms. The monoisotopic (exact) mass is 283 g/mol. The molecule has 2 atom stereocenters. The predicted octanol–water partition coefficient (Wildman–Crippen LogP) is 3.11. The number of hydrogen-bond donors (Lipinski definition) is 1. The van der Waals surface area contributed by atoms with Crippen molar-refractivity contribution in [2.24, 2.45) is 5.92 Å². The van der Waals surface area contributed by atoms with E-state index in [-0.39, 0.29) is 5.54 Å². The van der Waals surface area contributed by atoms with Gasteiger partial charge < -0.3 is 4.90 Å². The third kappa shape index (κ3) is 2.65. The van der Waals surface area contributed by atoms with Crippen molar-refractivity contribution in [3.63, 3.8) is 0 Å². The summed E-state index contributed by atoms with van der Waals surface area (Å²) in [5.74, 6) is 0.496. The predicted molar refractivity (Wildman–Crippen MR) is 86.3 cm³/mol. The van der Waals surface area contributed by atoms with Crippen LogP contribution in [0, 0.1) is 17.2 Å². The van der Waals surface area contributed by atoms with Crippen LogP contribution in [0.1, 0.15) is 38.2 Å². The van der Waals surface area contributed by atoms with Gasteiger partial charge >= 0.3 is 0 Å². The third-order valence-electron chi connectivity index (χ3n) is 5.24. The summed E-state index contributed by atoms with van der Waals surface area (Å²) in [6.45, 7) is 5.20. The molecule has 0 aromatic heterocycles. The van der Waals surface area contributed by atoms with E-state index in [4.69, 9.17) is 0 Å². The van der Waals surface area contributed by atoms with Crippen molar-refractivity contribution < 1.29 is 0 Å². The summed E-state index contributed by atoms with van der Waals surface area (Å²) in [7, 11) is 0. The normalized spacial score (nSPS) is 27.6. The molecule has 1 aromatic carbocycles. The highest BCUT2D eigenvalue weighted by Crippen LogP contribution is 2.38. The van der Waals surface area contributed by atoms with E-state index in [0.717, 1.165) is 38.9 Å². The van der Waals surface area contributed by atoms with Crippen molar-refractivity contribution in [3.05, 3.63) is 29.8 Å². The molecule has 1 aliphatic heterocycles. The van der Waals surface area contributed by atoms with E-state index < -0.39 is 0 Å². The van der Waals surface area contributed by atoms with Crippen LogP contribution in [-0.4, -0.2) is 25.2 Å². The molecular weight excluding hydrogens is 258 g/mol. The molecule has 3 rings (SSSR count). The largest absolute Gasteiger partial charge is 0.371 e. The van der Waals surface area contributed by atoms with Crippen LogP contribution in [0.25, 0.3) is 0 Å². The van der Waals surface area contributed by atoms with E-state index in [1.165, 1.54) is 24.1 Å². The van der Waals surface area contributed by atoms with Crippen LogP contribution in [0.3, 0.4) is 0 Å². The van der Waals surface area contributed by atoms with Crippen LogP contribution < -0.4 is 10.2 Å². The van der Waals surface area contributed by atoms with E-state index in [1.807, 2.05) is 0 Å². The van der Waals surface area contributed by atoms with Gasteiger partial charge in [0, 0.05) is 18.8 Å². The Morgan fingerprint density at radius 3 is 3.10 bits per heavy atom. The van der Waals surface area contributed by atoms with E-state index in [0.29, 0.717) is 5.92 Å².